The Morgan fingerprint density at radius 3 is 2.56 bits per heavy atom. The molecule has 2 aromatic rings. The summed E-state index contributed by atoms with van der Waals surface area (Å²) in [6, 6.07) is 16.2. The molecule has 1 aliphatic heterocycles. The monoisotopic (exact) mass is 338 g/mol. The summed E-state index contributed by atoms with van der Waals surface area (Å²) in [7, 11) is 4.10. The van der Waals surface area contributed by atoms with Crippen LogP contribution in [0.15, 0.2) is 54.7 Å². The van der Waals surface area contributed by atoms with Crippen molar-refractivity contribution in [1.29, 1.82) is 0 Å². The summed E-state index contributed by atoms with van der Waals surface area (Å²) < 4.78 is 0. The molecular weight excluding hydrogens is 312 g/mol. The summed E-state index contributed by atoms with van der Waals surface area (Å²) in [6.45, 7) is 2.40. The number of benzene rings is 1. The fraction of sp³-hybridized carbons (Fsp3) is 0.400. The predicted molar refractivity (Wildman–Crippen MR) is 99.4 cm³/mol. The number of carbonyl (C=O) groups excluding carboxylic acids is 1. The van der Waals surface area contributed by atoms with Crippen LogP contribution in [0.2, 0.25) is 0 Å². The van der Waals surface area contributed by atoms with Gasteiger partial charge in [0.2, 0.25) is 0 Å². The lowest BCUT2D eigenvalue weighted by molar-refractivity contribution is 0.145. The highest BCUT2D eigenvalue weighted by Gasteiger charge is 2.33. The van der Waals surface area contributed by atoms with Crippen molar-refractivity contribution in [2.45, 2.75) is 18.4 Å². The zero-order valence-electron chi connectivity index (χ0n) is 14.9. The molecular formula is C20H26N4O. The molecule has 1 N–H and O–H groups in total. The quantitative estimate of drug-likeness (QED) is 0.881. The summed E-state index contributed by atoms with van der Waals surface area (Å²) in [4.78, 5) is 21.0. The summed E-state index contributed by atoms with van der Waals surface area (Å²) in [5.74, 6) is 0.351. The molecule has 1 aliphatic rings. The van der Waals surface area contributed by atoms with E-state index in [0.29, 0.717) is 5.92 Å². The molecule has 0 spiro atoms. The van der Waals surface area contributed by atoms with Crippen LogP contribution in [0.25, 0.3) is 0 Å². The highest BCUT2D eigenvalue weighted by Crippen LogP contribution is 2.26. The normalized spacial score (nSPS) is 15.7. The molecule has 1 aromatic heterocycles. The van der Waals surface area contributed by atoms with Crippen molar-refractivity contribution < 1.29 is 4.79 Å². The SMILES string of the molecule is CN(C)CC[C@@H](NC(=O)N1CC(c2ccccn2)C1)c1ccccc1. The van der Waals surface area contributed by atoms with Gasteiger partial charge in [0.05, 0.1) is 6.04 Å². The van der Waals surface area contributed by atoms with Crippen LogP contribution >= 0.6 is 0 Å². The molecule has 0 radical (unpaired) electrons. The standard InChI is InChI=1S/C20H26N4O/c1-23(2)13-11-19(16-8-4-3-5-9-16)22-20(25)24-14-17(15-24)18-10-6-7-12-21-18/h3-10,12,17,19H,11,13-15H2,1-2H3,(H,22,25)/t19-/m1/s1. The van der Waals surface area contributed by atoms with Crippen molar-refractivity contribution in [1.82, 2.24) is 20.1 Å². The van der Waals surface area contributed by atoms with Gasteiger partial charge in [-0.05, 0) is 44.8 Å². The first-order valence-corrected chi connectivity index (χ1v) is 8.79. The topological polar surface area (TPSA) is 48.5 Å². The van der Waals surface area contributed by atoms with Gasteiger partial charge in [0.15, 0.2) is 0 Å². The molecule has 1 aromatic carbocycles. The molecule has 1 saturated heterocycles. The molecule has 5 nitrogen and oxygen atoms in total. The van der Waals surface area contributed by atoms with Crippen molar-refractivity contribution in [2.75, 3.05) is 33.7 Å². The molecule has 2 heterocycles. The van der Waals surface area contributed by atoms with E-state index in [-0.39, 0.29) is 12.1 Å². The van der Waals surface area contributed by atoms with Gasteiger partial charge in [-0.1, -0.05) is 36.4 Å². The Morgan fingerprint density at radius 1 is 1.20 bits per heavy atom. The van der Waals surface area contributed by atoms with Gasteiger partial charge in [-0.2, -0.15) is 0 Å². The molecule has 3 rings (SSSR count). The Hall–Kier alpha value is -2.40. The lowest BCUT2D eigenvalue weighted by atomic mass is 9.96. The maximum atomic E-state index is 12.6. The van der Waals surface area contributed by atoms with E-state index in [9.17, 15) is 4.79 Å². The molecule has 2 amide bonds. The number of pyridine rings is 1. The second-order valence-electron chi connectivity index (χ2n) is 6.86. The van der Waals surface area contributed by atoms with Gasteiger partial charge in [0, 0.05) is 30.9 Å². The summed E-state index contributed by atoms with van der Waals surface area (Å²) in [6.07, 6.45) is 2.70. The van der Waals surface area contributed by atoms with E-state index in [0.717, 1.165) is 37.3 Å². The van der Waals surface area contributed by atoms with Gasteiger partial charge < -0.3 is 15.1 Å². The lowest BCUT2D eigenvalue weighted by Gasteiger charge is -2.39. The number of aromatic nitrogens is 1. The average molecular weight is 338 g/mol. The van der Waals surface area contributed by atoms with Crippen molar-refractivity contribution >= 4 is 6.03 Å². The zero-order chi connectivity index (χ0) is 17.6. The third-order valence-electron chi connectivity index (χ3n) is 4.64. The number of nitrogens with one attached hydrogen (secondary N) is 1. The Bertz CT molecular complexity index is 669. The van der Waals surface area contributed by atoms with E-state index < -0.39 is 0 Å². The third-order valence-corrected chi connectivity index (χ3v) is 4.64. The smallest absolute Gasteiger partial charge is 0.317 e. The van der Waals surface area contributed by atoms with Crippen LogP contribution < -0.4 is 5.32 Å². The molecule has 0 unspecified atom stereocenters. The Kier molecular flexibility index (Phi) is 5.66. The number of hydrogen-bond donors (Lipinski definition) is 1. The van der Waals surface area contributed by atoms with Gasteiger partial charge in [0.25, 0.3) is 0 Å². The van der Waals surface area contributed by atoms with Gasteiger partial charge in [-0.15, -0.1) is 0 Å². The fourth-order valence-electron chi connectivity index (χ4n) is 3.08. The van der Waals surface area contributed by atoms with Crippen LogP contribution in [0.1, 0.15) is 29.6 Å². The maximum absolute atomic E-state index is 12.6. The number of nitrogens with zero attached hydrogens (tertiary/aromatic N) is 3. The molecule has 25 heavy (non-hydrogen) atoms. The third kappa shape index (κ3) is 4.57. The van der Waals surface area contributed by atoms with Crippen LogP contribution in [0, 0.1) is 0 Å². The summed E-state index contributed by atoms with van der Waals surface area (Å²) >= 11 is 0. The number of rotatable bonds is 6. The number of amides is 2. The summed E-state index contributed by atoms with van der Waals surface area (Å²) in [5, 5.41) is 3.20. The van der Waals surface area contributed by atoms with E-state index in [1.54, 1.807) is 0 Å². The Morgan fingerprint density at radius 2 is 1.92 bits per heavy atom. The minimum Gasteiger partial charge on any atom is -0.331 e. The van der Waals surface area contributed by atoms with Crippen LogP contribution in [0.4, 0.5) is 4.79 Å². The summed E-state index contributed by atoms with van der Waals surface area (Å²) in [5.41, 5.74) is 2.22. The second-order valence-corrected chi connectivity index (χ2v) is 6.86. The van der Waals surface area contributed by atoms with E-state index in [4.69, 9.17) is 0 Å². The average Bonchev–Trinajstić information content (AvgIpc) is 2.59. The first-order chi connectivity index (χ1) is 12.1. The van der Waals surface area contributed by atoms with E-state index in [1.165, 1.54) is 0 Å². The van der Waals surface area contributed by atoms with E-state index in [1.807, 2.05) is 47.5 Å². The van der Waals surface area contributed by atoms with E-state index >= 15 is 0 Å². The second kappa shape index (κ2) is 8.12. The zero-order valence-corrected chi connectivity index (χ0v) is 14.9. The highest BCUT2D eigenvalue weighted by atomic mass is 16.2. The predicted octanol–water partition coefficient (Wildman–Crippen LogP) is 2.88. The fourth-order valence-corrected chi connectivity index (χ4v) is 3.08. The molecule has 0 aliphatic carbocycles. The van der Waals surface area contributed by atoms with Crippen LogP contribution in [-0.2, 0) is 0 Å². The van der Waals surface area contributed by atoms with E-state index in [2.05, 4.69) is 41.4 Å². The van der Waals surface area contributed by atoms with Crippen molar-refractivity contribution in [3.8, 4) is 0 Å². The van der Waals surface area contributed by atoms with Crippen LogP contribution in [0.3, 0.4) is 0 Å². The number of urea groups is 1. The van der Waals surface area contributed by atoms with Crippen LogP contribution in [-0.4, -0.2) is 54.5 Å². The maximum Gasteiger partial charge on any atom is 0.317 e. The minimum atomic E-state index is 0.0137. The van der Waals surface area contributed by atoms with Gasteiger partial charge in [-0.25, -0.2) is 4.79 Å². The number of hydrogen-bond acceptors (Lipinski definition) is 3. The molecule has 1 atom stereocenters. The highest BCUT2D eigenvalue weighted by molar-refractivity contribution is 5.76. The van der Waals surface area contributed by atoms with Crippen molar-refractivity contribution in [3.05, 3.63) is 66.0 Å². The minimum absolute atomic E-state index is 0.0137. The Labute approximate surface area is 149 Å². The Balaban J connectivity index is 1.57. The molecule has 1 fully saturated rings. The first-order valence-electron chi connectivity index (χ1n) is 8.79. The van der Waals surface area contributed by atoms with Gasteiger partial charge >= 0.3 is 6.03 Å². The van der Waals surface area contributed by atoms with Gasteiger partial charge in [0.1, 0.15) is 0 Å². The molecule has 5 heteroatoms. The molecule has 132 valence electrons. The van der Waals surface area contributed by atoms with Crippen molar-refractivity contribution in [2.24, 2.45) is 0 Å². The lowest BCUT2D eigenvalue weighted by Crippen LogP contribution is -2.53. The number of likely N-dealkylation sites (tertiary alicyclic amines) is 1. The van der Waals surface area contributed by atoms with Crippen molar-refractivity contribution in [3.63, 3.8) is 0 Å². The van der Waals surface area contributed by atoms with Gasteiger partial charge in [-0.3, -0.25) is 4.98 Å². The largest absolute Gasteiger partial charge is 0.331 e. The molecule has 0 saturated carbocycles. The van der Waals surface area contributed by atoms with Crippen LogP contribution in [0.5, 0.6) is 0 Å². The molecule has 0 bridgehead atoms. The number of carbonyl (C=O) groups is 1. The first kappa shape index (κ1) is 17.4.